The second-order valence-electron chi connectivity index (χ2n) is 5.29. The zero-order chi connectivity index (χ0) is 15.9. The summed E-state index contributed by atoms with van der Waals surface area (Å²) in [5, 5.41) is 11.8. The van der Waals surface area contributed by atoms with Crippen molar-refractivity contribution in [2.45, 2.75) is 25.9 Å². The van der Waals surface area contributed by atoms with Gasteiger partial charge in [0.2, 0.25) is 5.91 Å². The fourth-order valence-corrected chi connectivity index (χ4v) is 2.22. The molecule has 0 spiro atoms. The monoisotopic (exact) mass is 301 g/mol. The maximum Gasteiger partial charge on any atom is 0.227 e. The summed E-state index contributed by atoms with van der Waals surface area (Å²) in [6.07, 6.45) is 0.716. The molecule has 4 heteroatoms. The quantitative estimate of drug-likeness (QED) is 0.862. The van der Waals surface area contributed by atoms with Gasteiger partial charge < -0.3 is 10.4 Å². The van der Waals surface area contributed by atoms with E-state index in [1.165, 1.54) is 12.1 Å². The third kappa shape index (κ3) is 4.40. The molecule has 1 unspecified atom stereocenters. The van der Waals surface area contributed by atoms with E-state index in [-0.39, 0.29) is 24.2 Å². The van der Waals surface area contributed by atoms with Gasteiger partial charge in [-0.05, 0) is 42.2 Å². The summed E-state index contributed by atoms with van der Waals surface area (Å²) in [5.74, 6) is -0.828. The van der Waals surface area contributed by atoms with Gasteiger partial charge in [-0.3, -0.25) is 4.79 Å². The van der Waals surface area contributed by atoms with Gasteiger partial charge in [0.1, 0.15) is 5.82 Å². The van der Waals surface area contributed by atoms with Gasteiger partial charge in [-0.25, -0.2) is 4.39 Å². The average molecular weight is 301 g/mol. The van der Waals surface area contributed by atoms with Crippen molar-refractivity contribution in [3.63, 3.8) is 0 Å². The number of hydrogen-bond donors (Lipinski definition) is 2. The molecule has 0 heterocycles. The van der Waals surface area contributed by atoms with E-state index >= 15 is 0 Å². The Morgan fingerprint density at radius 1 is 1.18 bits per heavy atom. The summed E-state index contributed by atoms with van der Waals surface area (Å²) in [5.41, 5.74) is 2.63. The van der Waals surface area contributed by atoms with Crippen LogP contribution in [0.1, 0.15) is 29.5 Å². The molecule has 1 amide bonds. The van der Waals surface area contributed by atoms with Crippen LogP contribution in [-0.4, -0.2) is 17.6 Å². The highest BCUT2D eigenvalue weighted by Gasteiger charge is 2.14. The second kappa shape index (κ2) is 7.71. The summed E-state index contributed by atoms with van der Waals surface area (Å²) in [7, 11) is 0. The molecule has 116 valence electrons. The van der Waals surface area contributed by atoms with E-state index in [0.29, 0.717) is 18.5 Å². The first kappa shape index (κ1) is 16.2. The molecule has 2 N–H and O–H groups in total. The number of hydrogen-bond acceptors (Lipinski definition) is 2. The lowest BCUT2D eigenvalue weighted by molar-refractivity contribution is -0.122. The van der Waals surface area contributed by atoms with Crippen LogP contribution in [0.25, 0.3) is 0 Å². The second-order valence-corrected chi connectivity index (χ2v) is 5.29. The summed E-state index contributed by atoms with van der Waals surface area (Å²) in [6.45, 7) is 2.32. The Balaban J connectivity index is 1.84. The number of carbonyl (C=O) groups excluding carboxylic acids is 1. The van der Waals surface area contributed by atoms with Crippen molar-refractivity contribution in [2.75, 3.05) is 6.54 Å². The molecule has 0 aliphatic carbocycles. The minimum absolute atomic E-state index is 0.0299. The van der Waals surface area contributed by atoms with Gasteiger partial charge in [-0.1, -0.05) is 36.4 Å². The van der Waals surface area contributed by atoms with Crippen molar-refractivity contribution in [1.82, 2.24) is 5.32 Å². The van der Waals surface area contributed by atoms with Gasteiger partial charge in [0.15, 0.2) is 0 Å². The molecule has 0 aromatic heterocycles. The van der Waals surface area contributed by atoms with E-state index < -0.39 is 0 Å². The molecule has 0 bridgehead atoms. The van der Waals surface area contributed by atoms with Crippen LogP contribution in [0.2, 0.25) is 0 Å². The van der Waals surface area contributed by atoms with Gasteiger partial charge >= 0.3 is 0 Å². The molecule has 0 saturated carbocycles. The lowest BCUT2D eigenvalue weighted by Gasteiger charge is -2.12. The molecular weight excluding hydrogens is 281 g/mol. The van der Waals surface area contributed by atoms with Crippen LogP contribution >= 0.6 is 0 Å². The number of rotatable bonds is 6. The molecule has 0 aliphatic rings. The van der Waals surface area contributed by atoms with Crippen LogP contribution in [0.5, 0.6) is 0 Å². The number of carbonyl (C=O) groups is 1. The Kier molecular flexibility index (Phi) is 5.67. The van der Waals surface area contributed by atoms with Crippen molar-refractivity contribution in [1.29, 1.82) is 0 Å². The van der Waals surface area contributed by atoms with Gasteiger partial charge in [0.25, 0.3) is 0 Å². The zero-order valence-electron chi connectivity index (χ0n) is 12.6. The number of nitrogens with one attached hydrogen (secondary N) is 1. The summed E-state index contributed by atoms with van der Waals surface area (Å²) < 4.78 is 13.2. The Morgan fingerprint density at radius 3 is 2.50 bits per heavy atom. The highest BCUT2D eigenvalue weighted by atomic mass is 19.1. The minimum Gasteiger partial charge on any atom is -0.392 e. The summed E-state index contributed by atoms with van der Waals surface area (Å²) >= 11 is 0. The Hall–Kier alpha value is -2.20. The Labute approximate surface area is 129 Å². The lowest BCUT2D eigenvalue weighted by atomic mass is 10.0. The molecule has 3 nitrogen and oxygen atoms in total. The van der Waals surface area contributed by atoms with Crippen LogP contribution in [0.4, 0.5) is 4.39 Å². The molecular formula is C18H20FNO2. The maximum atomic E-state index is 13.2. The predicted octanol–water partition coefficient (Wildman–Crippen LogP) is 2.78. The number of benzene rings is 2. The van der Waals surface area contributed by atoms with E-state index in [9.17, 15) is 9.18 Å². The van der Waals surface area contributed by atoms with E-state index in [4.69, 9.17) is 5.11 Å². The van der Waals surface area contributed by atoms with E-state index in [2.05, 4.69) is 5.32 Å². The summed E-state index contributed by atoms with van der Waals surface area (Å²) in [6, 6.07) is 13.7. The molecule has 0 fully saturated rings. The standard InChI is InChI=1S/C18H20FNO2/c1-13(16-3-2-4-17(19)11-16)18(22)20-10-9-14-5-7-15(12-21)8-6-14/h2-8,11,13,21H,9-10,12H2,1H3,(H,20,22). The van der Waals surface area contributed by atoms with Gasteiger partial charge in [-0.2, -0.15) is 0 Å². The van der Waals surface area contributed by atoms with Crippen LogP contribution in [0.15, 0.2) is 48.5 Å². The first-order valence-electron chi connectivity index (χ1n) is 7.32. The van der Waals surface area contributed by atoms with Crippen LogP contribution in [0, 0.1) is 5.82 Å². The topological polar surface area (TPSA) is 49.3 Å². The molecule has 22 heavy (non-hydrogen) atoms. The molecule has 0 saturated heterocycles. The van der Waals surface area contributed by atoms with Crippen molar-refractivity contribution >= 4 is 5.91 Å². The normalized spacial score (nSPS) is 12.0. The van der Waals surface area contributed by atoms with E-state index in [1.54, 1.807) is 19.1 Å². The molecule has 2 rings (SSSR count). The number of halogens is 1. The van der Waals surface area contributed by atoms with E-state index in [0.717, 1.165) is 11.1 Å². The fraction of sp³-hybridized carbons (Fsp3) is 0.278. The van der Waals surface area contributed by atoms with E-state index in [1.807, 2.05) is 24.3 Å². The fourth-order valence-electron chi connectivity index (χ4n) is 2.22. The smallest absolute Gasteiger partial charge is 0.227 e. The molecule has 2 aromatic rings. The lowest BCUT2D eigenvalue weighted by Crippen LogP contribution is -2.29. The number of aliphatic hydroxyl groups excluding tert-OH is 1. The largest absolute Gasteiger partial charge is 0.392 e. The van der Waals surface area contributed by atoms with Gasteiger partial charge in [-0.15, -0.1) is 0 Å². The van der Waals surface area contributed by atoms with Crippen LogP contribution in [-0.2, 0) is 17.8 Å². The molecule has 0 radical (unpaired) electrons. The third-order valence-electron chi connectivity index (χ3n) is 3.66. The van der Waals surface area contributed by atoms with Crippen LogP contribution in [0.3, 0.4) is 0 Å². The molecule has 1 atom stereocenters. The SMILES string of the molecule is CC(C(=O)NCCc1ccc(CO)cc1)c1cccc(F)c1. The highest BCUT2D eigenvalue weighted by molar-refractivity contribution is 5.83. The Morgan fingerprint density at radius 2 is 1.86 bits per heavy atom. The maximum absolute atomic E-state index is 13.2. The van der Waals surface area contributed by atoms with Gasteiger partial charge in [0.05, 0.1) is 12.5 Å². The van der Waals surface area contributed by atoms with Crippen molar-refractivity contribution in [2.24, 2.45) is 0 Å². The third-order valence-corrected chi connectivity index (χ3v) is 3.66. The van der Waals surface area contributed by atoms with Crippen molar-refractivity contribution in [3.05, 3.63) is 71.0 Å². The van der Waals surface area contributed by atoms with Crippen molar-refractivity contribution in [3.8, 4) is 0 Å². The highest BCUT2D eigenvalue weighted by Crippen LogP contribution is 2.16. The Bertz CT molecular complexity index is 625. The molecule has 2 aromatic carbocycles. The van der Waals surface area contributed by atoms with Crippen molar-refractivity contribution < 1.29 is 14.3 Å². The zero-order valence-corrected chi connectivity index (χ0v) is 12.6. The number of aliphatic hydroxyl groups is 1. The summed E-state index contributed by atoms with van der Waals surface area (Å²) in [4.78, 5) is 12.1. The number of amides is 1. The van der Waals surface area contributed by atoms with Gasteiger partial charge in [0, 0.05) is 6.54 Å². The average Bonchev–Trinajstić information content (AvgIpc) is 2.54. The minimum atomic E-state index is -0.382. The van der Waals surface area contributed by atoms with Crippen LogP contribution < -0.4 is 5.32 Å². The first-order chi connectivity index (χ1) is 10.6. The first-order valence-corrected chi connectivity index (χ1v) is 7.32. The predicted molar refractivity (Wildman–Crippen MR) is 83.9 cm³/mol. The molecule has 0 aliphatic heterocycles.